The third-order valence-electron chi connectivity index (χ3n) is 4.57. The minimum atomic E-state index is -1.09. The van der Waals surface area contributed by atoms with E-state index < -0.39 is 29.9 Å². The van der Waals surface area contributed by atoms with Crippen molar-refractivity contribution in [3.05, 3.63) is 65.2 Å². The van der Waals surface area contributed by atoms with Gasteiger partial charge in [-0.25, -0.2) is 14.5 Å². The molecule has 0 radical (unpaired) electrons. The summed E-state index contributed by atoms with van der Waals surface area (Å²) in [6, 6.07) is 12.4. The minimum absolute atomic E-state index is 0.187. The minimum Gasteiger partial charge on any atom is -0.479 e. The van der Waals surface area contributed by atoms with Gasteiger partial charge in [0.15, 0.2) is 6.10 Å². The van der Waals surface area contributed by atoms with Crippen LogP contribution in [0.15, 0.2) is 54.1 Å². The number of amides is 4. The van der Waals surface area contributed by atoms with Gasteiger partial charge in [-0.1, -0.05) is 37.3 Å². The van der Waals surface area contributed by atoms with Crippen molar-refractivity contribution in [1.29, 1.82) is 0 Å². The van der Waals surface area contributed by atoms with E-state index in [0.29, 0.717) is 23.4 Å². The monoisotopic (exact) mass is 408 g/mol. The molecule has 0 saturated carbocycles. The number of barbiturate groups is 1. The van der Waals surface area contributed by atoms with Gasteiger partial charge in [0.2, 0.25) is 0 Å². The highest BCUT2D eigenvalue weighted by Crippen LogP contribution is 2.26. The number of imide groups is 2. The summed E-state index contributed by atoms with van der Waals surface area (Å²) in [6.07, 6.45) is 0.963. The summed E-state index contributed by atoms with van der Waals surface area (Å²) in [7, 11) is 0. The second-order valence-electron chi connectivity index (χ2n) is 6.61. The smallest absolute Gasteiger partial charge is 0.344 e. The maximum Gasteiger partial charge on any atom is 0.344 e. The first-order valence-corrected chi connectivity index (χ1v) is 9.30. The molecule has 1 heterocycles. The Kier molecular flexibility index (Phi) is 5.96. The van der Waals surface area contributed by atoms with Gasteiger partial charge in [0.1, 0.15) is 11.3 Å². The molecular weight excluding hydrogens is 388 g/mol. The average Bonchev–Trinajstić information content (AvgIpc) is 2.72. The molecule has 3 rings (SSSR count). The molecule has 8 nitrogen and oxygen atoms in total. The molecule has 2 aromatic carbocycles. The van der Waals surface area contributed by atoms with Gasteiger partial charge in [0.25, 0.3) is 11.8 Å². The van der Waals surface area contributed by atoms with Crippen LogP contribution in [0.4, 0.5) is 10.5 Å². The normalized spacial score (nSPS) is 16.4. The van der Waals surface area contributed by atoms with E-state index in [1.54, 1.807) is 24.3 Å². The highest BCUT2D eigenvalue weighted by atomic mass is 16.5. The molecule has 4 amide bonds. The van der Waals surface area contributed by atoms with Crippen molar-refractivity contribution in [2.24, 2.45) is 0 Å². The summed E-state index contributed by atoms with van der Waals surface area (Å²) in [5.74, 6) is -2.26. The van der Waals surface area contributed by atoms with Gasteiger partial charge in [-0.05, 0) is 48.7 Å². The second kappa shape index (κ2) is 8.60. The summed E-state index contributed by atoms with van der Waals surface area (Å²) in [4.78, 5) is 49.5. The lowest BCUT2D eigenvalue weighted by molar-refractivity contribution is -0.144. The van der Waals surface area contributed by atoms with Crippen LogP contribution in [0.2, 0.25) is 0 Å². The van der Waals surface area contributed by atoms with Crippen LogP contribution in [0.25, 0.3) is 6.08 Å². The zero-order chi connectivity index (χ0) is 21.8. The number of hydrogen-bond acceptors (Lipinski definition) is 5. The number of benzene rings is 2. The molecular formula is C22H20N2O6. The molecule has 0 unspecified atom stereocenters. The Bertz CT molecular complexity index is 1040. The van der Waals surface area contributed by atoms with Crippen LogP contribution in [0.3, 0.4) is 0 Å². The topological polar surface area (TPSA) is 113 Å². The maximum absolute atomic E-state index is 13.0. The number of nitrogens with one attached hydrogen (secondary N) is 1. The van der Waals surface area contributed by atoms with E-state index in [0.717, 1.165) is 10.5 Å². The van der Waals surface area contributed by atoms with Gasteiger partial charge in [-0.15, -0.1) is 0 Å². The molecule has 1 saturated heterocycles. The molecule has 0 aliphatic carbocycles. The third-order valence-corrected chi connectivity index (χ3v) is 4.57. The lowest BCUT2D eigenvalue weighted by Gasteiger charge is -2.28. The molecule has 30 heavy (non-hydrogen) atoms. The molecule has 1 aliphatic rings. The molecule has 0 bridgehead atoms. The summed E-state index contributed by atoms with van der Waals surface area (Å²) in [5, 5.41) is 11.1. The van der Waals surface area contributed by atoms with E-state index in [1.807, 2.05) is 19.1 Å². The molecule has 1 fully saturated rings. The van der Waals surface area contributed by atoms with Crippen molar-refractivity contribution in [1.82, 2.24) is 5.32 Å². The van der Waals surface area contributed by atoms with Crippen LogP contribution < -0.4 is 15.0 Å². The number of para-hydroxylation sites is 1. The first-order valence-electron chi connectivity index (χ1n) is 9.30. The van der Waals surface area contributed by atoms with Crippen molar-refractivity contribution in [2.45, 2.75) is 26.4 Å². The van der Waals surface area contributed by atoms with E-state index in [4.69, 9.17) is 9.84 Å². The largest absolute Gasteiger partial charge is 0.479 e. The van der Waals surface area contributed by atoms with Gasteiger partial charge in [-0.3, -0.25) is 14.9 Å². The SMILES string of the molecule is CCc1ccccc1N1C(=O)NC(=O)/C(=C\c2ccc(O[C@H](C)C(=O)O)cc2)C1=O. The van der Waals surface area contributed by atoms with Crippen molar-refractivity contribution in [2.75, 3.05) is 4.90 Å². The van der Waals surface area contributed by atoms with Crippen molar-refractivity contribution in [3.63, 3.8) is 0 Å². The number of hydrogen-bond donors (Lipinski definition) is 2. The van der Waals surface area contributed by atoms with E-state index in [2.05, 4.69) is 5.32 Å². The van der Waals surface area contributed by atoms with Crippen LogP contribution >= 0.6 is 0 Å². The molecule has 1 aliphatic heterocycles. The number of carbonyl (C=O) groups is 4. The summed E-state index contributed by atoms with van der Waals surface area (Å²) in [5.41, 5.74) is 1.55. The number of carboxylic acid groups (broad SMARTS) is 1. The molecule has 2 N–H and O–H groups in total. The van der Waals surface area contributed by atoms with Gasteiger partial charge in [0.05, 0.1) is 5.69 Å². The van der Waals surface area contributed by atoms with Gasteiger partial charge in [0, 0.05) is 0 Å². The predicted octanol–water partition coefficient (Wildman–Crippen LogP) is 2.77. The highest BCUT2D eigenvalue weighted by Gasteiger charge is 2.37. The Morgan fingerprint density at radius 1 is 1.13 bits per heavy atom. The lowest BCUT2D eigenvalue weighted by Crippen LogP contribution is -2.54. The number of rotatable bonds is 6. The zero-order valence-corrected chi connectivity index (χ0v) is 16.4. The molecule has 1 atom stereocenters. The first kappa shape index (κ1) is 20.8. The fourth-order valence-corrected chi connectivity index (χ4v) is 2.97. The predicted molar refractivity (Wildman–Crippen MR) is 109 cm³/mol. The van der Waals surface area contributed by atoms with Crippen LogP contribution in [0.1, 0.15) is 25.0 Å². The number of aryl methyl sites for hydroxylation is 1. The Morgan fingerprint density at radius 3 is 2.43 bits per heavy atom. The number of ether oxygens (including phenoxy) is 1. The number of anilines is 1. The summed E-state index contributed by atoms with van der Waals surface area (Å²) >= 11 is 0. The third kappa shape index (κ3) is 4.22. The van der Waals surface area contributed by atoms with Crippen molar-refractivity contribution >= 4 is 35.6 Å². The Hall–Kier alpha value is -3.94. The zero-order valence-electron chi connectivity index (χ0n) is 16.4. The first-order chi connectivity index (χ1) is 14.3. The molecule has 2 aromatic rings. The summed E-state index contributed by atoms with van der Waals surface area (Å²) < 4.78 is 5.26. The number of aliphatic carboxylic acids is 1. The van der Waals surface area contributed by atoms with Crippen molar-refractivity contribution < 1.29 is 29.0 Å². The van der Waals surface area contributed by atoms with Crippen LogP contribution in [-0.4, -0.2) is 35.0 Å². The Balaban J connectivity index is 1.90. The van der Waals surface area contributed by atoms with E-state index in [-0.39, 0.29) is 5.57 Å². The number of carbonyl (C=O) groups excluding carboxylic acids is 3. The maximum atomic E-state index is 13.0. The van der Waals surface area contributed by atoms with Crippen LogP contribution in [0, 0.1) is 0 Å². The fourth-order valence-electron chi connectivity index (χ4n) is 2.97. The van der Waals surface area contributed by atoms with Crippen molar-refractivity contribution in [3.8, 4) is 5.75 Å². The Morgan fingerprint density at radius 2 is 1.80 bits per heavy atom. The van der Waals surface area contributed by atoms with E-state index >= 15 is 0 Å². The number of urea groups is 1. The van der Waals surface area contributed by atoms with Crippen LogP contribution in [-0.2, 0) is 20.8 Å². The fraction of sp³-hybridized carbons (Fsp3) is 0.182. The van der Waals surface area contributed by atoms with E-state index in [1.165, 1.54) is 25.1 Å². The van der Waals surface area contributed by atoms with Gasteiger partial charge in [-0.2, -0.15) is 0 Å². The quantitative estimate of drug-likeness (QED) is 0.561. The second-order valence-corrected chi connectivity index (χ2v) is 6.61. The number of carboxylic acids is 1. The lowest BCUT2D eigenvalue weighted by atomic mass is 10.0. The van der Waals surface area contributed by atoms with Crippen LogP contribution in [0.5, 0.6) is 5.75 Å². The highest BCUT2D eigenvalue weighted by molar-refractivity contribution is 6.39. The standard InChI is InChI=1S/C22H20N2O6/c1-3-15-6-4-5-7-18(15)24-20(26)17(19(25)23-22(24)29)12-14-8-10-16(11-9-14)30-13(2)21(27)28/h4-13H,3H2,1-2H3,(H,27,28)(H,23,25,29)/b17-12+/t13-/m1/s1. The molecule has 0 spiro atoms. The summed E-state index contributed by atoms with van der Waals surface area (Å²) in [6.45, 7) is 3.31. The molecule has 0 aromatic heterocycles. The molecule has 154 valence electrons. The number of nitrogens with zero attached hydrogens (tertiary/aromatic N) is 1. The van der Waals surface area contributed by atoms with Gasteiger partial charge < -0.3 is 9.84 Å². The molecule has 8 heteroatoms. The average molecular weight is 408 g/mol. The van der Waals surface area contributed by atoms with E-state index in [9.17, 15) is 19.2 Å². The Labute approximate surface area is 172 Å². The van der Waals surface area contributed by atoms with Gasteiger partial charge >= 0.3 is 12.0 Å².